The number of hydrogen-bond acceptors (Lipinski definition) is 3. The van der Waals surface area contributed by atoms with Crippen molar-refractivity contribution in [3.8, 4) is 5.69 Å². The lowest BCUT2D eigenvalue weighted by Gasteiger charge is -2.09. The molecule has 0 amide bonds. The van der Waals surface area contributed by atoms with E-state index in [0.717, 1.165) is 41.2 Å². The van der Waals surface area contributed by atoms with Gasteiger partial charge in [0.25, 0.3) is 0 Å². The molecule has 23 heavy (non-hydrogen) atoms. The highest BCUT2D eigenvalue weighted by Gasteiger charge is 2.14. The smallest absolute Gasteiger partial charge is 0.165 e. The van der Waals surface area contributed by atoms with Gasteiger partial charge in [-0.1, -0.05) is 32.4 Å². The average Bonchev–Trinajstić information content (AvgIpc) is 2.87. The minimum atomic E-state index is 0. The topological polar surface area (TPSA) is 65.7 Å². The third-order valence-corrected chi connectivity index (χ3v) is 4.05. The highest BCUT2D eigenvalue weighted by Crippen LogP contribution is 2.24. The number of benzene rings is 1. The molecule has 0 radical (unpaired) electrons. The third kappa shape index (κ3) is 3.13. The number of aromatic nitrogens is 3. The van der Waals surface area contributed by atoms with E-state index in [9.17, 15) is 0 Å². The maximum atomic E-state index is 4.81. The van der Waals surface area contributed by atoms with Crippen molar-refractivity contribution in [3.05, 3.63) is 53.0 Å². The molecule has 3 rings (SSSR count). The summed E-state index contributed by atoms with van der Waals surface area (Å²) < 4.78 is 2.20. The van der Waals surface area contributed by atoms with Gasteiger partial charge in [-0.05, 0) is 49.6 Å². The Morgan fingerprint density at radius 1 is 1.00 bits per heavy atom. The summed E-state index contributed by atoms with van der Waals surface area (Å²) in [5.41, 5.74) is 6.75. The Morgan fingerprint density at radius 3 is 2.30 bits per heavy atom. The Labute approximate surface area is 138 Å². The second kappa shape index (κ2) is 6.92. The Bertz CT molecular complexity index is 800. The van der Waals surface area contributed by atoms with Gasteiger partial charge in [0.15, 0.2) is 5.65 Å². The van der Waals surface area contributed by atoms with E-state index in [2.05, 4.69) is 55.7 Å². The van der Waals surface area contributed by atoms with Crippen LogP contribution in [0.4, 0.5) is 0 Å². The van der Waals surface area contributed by atoms with E-state index in [0.29, 0.717) is 0 Å². The fourth-order valence-electron chi connectivity index (χ4n) is 3.01. The van der Waals surface area contributed by atoms with Gasteiger partial charge in [-0.15, -0.1) is 0 Å². The molecule has 1 aromatic carbocycles. The maximum Gasteiger partial charge on any atom is 0.165 e. The molecule has 2 heterocycles. The standard InChI is InChI=1S/C19H23N3.H3N/c1-5-7-15-8-10-16(11-9-15)22-17(6-2)21-18-13(3)12-14(4)20-19(18)22;/h8-12H,5-7H2,1-4H3;1H3. The minimum absolute atomic E-state index is 0. The van der Waals surface area contributed by atoms with Crippen LogP contribution < -0.4 is 6.15 Å². The summed E-state index contributed by atoms with van der Waals surface area (Å²) in [6, 6.07) is 10.9. The third-order valence-electron chi connectivity index (χ3n) is 4.05. The Hall–Kier alpha value is -2.20. The summed E-state index contributed by atoms with van der Waals surface area (Å²) in [7, 11) is 0. The van der Waals surface area contributed by atoms with Gasteiger partial charge in [-0.2, -0.15) is 0 Å². The summed E-state index contributed by atoms with van der Waals surface area (Å²) in [6.45, 7) is 8.51. The molecule has 3 aromatic rings. The summed E-state index contributed by atoms with van der Waals surface area (Å²) in [5.74, 6) is 1.07. The Balaban J connectivity index is 0.00000192. The zero-order chi connectivity index (χ0) is 15.7. The van der Waals surface area contributed by atoms with Crippen LogP contribution in [0.15, 0.2) is 30.3 Å². The predicted molar refractivity (Wildman–Crippen MR) is 96.7 cm³/mol. The van der Waals surface area contributed by atoms with Crippen molar-refractivity contribution >= 4 is 11.2 Å². The molecule has 0 saturated heterocycles. The predicted octanol–water partition coefficient (Wildman–Crippen LogP) is 4.71. The zero-order valence-electron chi connectivity index (χ0n) is 14.6. The molecule has 4 nitrogen and oxygen atoms in total. The van der Waals surface area contributed by atoms with E-state index in [1.807, 2.05) is 6.92 Å². The summed E-state index contributed by atoms with van der Waals surface area (Å²) in [5, 5.41) is 0. The van der Waals surface area contributed by atoms with Crippen molar-refractivity contribution in [3.63, 3.8) is 0 Å². The first-order valence-electron chi connectivity index (χ1n) is 8.09. The van der Waals surface area contributed by atoms with Gasteiger partial charge in [0.05, 0.1) is 0 Å². The number of fused-ring (bicyclic) bond motifs is 1. The molecule has 0 aliphatic carbocycles. The number of hydrogen-bond donors (Lipinski definition) is 1. The fourth-order valence-corrected chi connectivity index (χ4v) is 3.01. The van der Waals surface area contributed by atoms with Crippen LogP contribution in [0.3, 0.4) is 0 Å². The monoisotopic (exact) mass is 310 g/mol. The van der Waals surface area contributed by atoms with Gasteiger partial charge < -0.3 is 6.15 Å². The normalized spacial score (nSPS) is 10.8. The highest BCUT2D eigenvalue weighted by atomic mass is 15.1. The molecular formula is C19H26N4. The van der Waals surface area contributed by atoms with Crippen molar-refractivity contribution in [1.82, 2.24) is 20.7 Å². The number of nitrogens with zero attached hydrogens (tertiary/aromatic N) is 3. The lowest BCUT2D eigenvalue weighted by Crippen LogP contribution is -2.01. The van der Waals surface area contributed by atoms with E-state index in [4.69, 9.17) is 9.97 Å². The number of aryl methyl sites for hydroxylation is 4. The molecule has 4 heteroatoms. The molecule has 0 aliphatic rings. The van der Waals surface area contributed by atoms with Crippen LogP contribution in [0, 0.1) is 13.8 Å². The lowest BCUT2D eigenvalue weighted by atomic mass is 10.1. The van der Waals surface area contributed by atoms with Gasteiger partial charge in [0, 0.05) is 17.8 Å². The van der Waals surface area contributed by atoms with Crippen LogP contribution in [0.5, 0.6) is 0 Å². The van der Waals surface area contributed by atoms with Crippen LogP contribution in [-0.4, -0.2) is 14.5 Å². The number of pyridine rings is 1. The van der Waals surface area contributed by atoms with Gasteiger partial charge in [-0.3, -0.25) is 4.57 Å². The molecule has 0 aliphatic heterocycles. The molecule has 3 N–H and O–H groups in total. The zero-order valence-corrected chi connectivity index (χ0v) is 14.6. The van der Waals surface area contributed by atoms with Crippen molar-refractivity contribution in [2.75, 3.05) is 0 Å². The number of rotatable bonds is 4. The van der Waals surface area contributed by atoms with Gasteiger partial charge in [0.1, 0.15) is 11.3 Å². The highest BCUT2D eigenvalue weighted by molar-refractivity contribution is 5.78. The van der Waals surface area contributed by atoms with E-state index >= 15 is 0 Å². The maximum absolute atomic E-state index is 4.81. The molecule has 0 spiro atoms. The summed E-state index contributed by atoms with van der Waals surface area (Å²) in [6.07, 6.45) is 3.20. The molecule has 0 saturated carbocycles. The second-order valence-electron chi connectivity index (χ2n) is 5.89. The Kier molecular flexibility index (Phi) is 5.16. The van der Waals surface area contributed by atoms with Crippen molar-refractivity contribution in [2.45, 2.75) is 47.0 Å². The van der Waals surface area contributed by atoms with Crippen LogP contribution >= 0.6 is 0 Å². The van der Waals surface area contributed by atoms with Crippen LogP contribution in [0.25, 0.3) is 16.9 Å². The molecule has 0 atom stereocenters. The first-order valence-corrected chi connectivity index (χ1v) is 8.09. The van der Waals surface area contributed by atoms with Crippen LogP contribution in [0.2, 0.25) is 0 Å². The first kappa shape index (κ1) is 17.2. The van der Waals surface area contributed by atoms with Crippen molar-refractivity contribution in [1.29, 1.82) is 0 Å². The van der Waals surface area contributed by atoms with E-state index in [1.54, 1.807) is 0 Å². The lowest BCUT2D eigenvalue weighted by molar-refractivity contribution is 0.893. The summed E-state index contributed by atoms with van der Waals surface area (Å²) >= 11 is 0. The molecule has 0 unspecified atom stereocenters. The molecular weight excluding hydrogens is 284 g/mol. The van der Waals surface area contributed by atoms with E-state index in [1.165, 1.54) is 17.5 Å². The first-order chi connectivity index (χ1) is 10.6. The SMILES string of the molecule is CCCc1ccc(-n2c(CC)nc3c(C)cc(C)nc32)cc1.N. The van der Waals surface area contributed by atoms with Gasteiger partial charge in [0.2, 0.25) is 0 Å². The summed E-state index contributed by atoms with van der Waals surface area (Å²) in [4.78, 5) is 9.55. The molecule has 0 fully saturated rings. The van der Waals surface area contributed by atoms with Gasteiger partial charge >= 0.3 is 0 Å². The Morgan fingerprint density at radius 2 is 1.70 bits per heavy atom. The molecule has 0 bridgehead atoms. The quantitative estimate of drug-likeness (QED) is 0.758. The van der Waals surface area contributed by atoms with Crippen molar-refractivity contribution in [2.24, 2.45) is 0 Å². The van der Waals surface area contributed by atoms with E-state index in [-0.39, 0.29) is 6.15 Å². The largest absolute Gasteiger partial charge is 0.344 e. The minimum Gasteiger partial charge on any atom is -0.344 e. The molecule has 2 aromatic heterocycles. The fraction of sp³-hybridized carbons (Fsp3) is 0.368. The van der Waals surface area contributed by atoms with Crippen LogP contribution in [-0.2, 0) is 12.8 Å². The van der Waals surface area contributed by atoms with Crippen LogP contribution in [0.1, 0.15) is 42.9 Å². The van der Waals surface area contributed by atoms with E-state index < -0.39 is 0 Å². The second-order valence-corrected chi connectivity index (χ2v) is 5.89. The van der Waals surface area contributed by atoms with Gasteiger partial charge in [-0.25, -0.2) is 9.97 Å². The molecule has 122 valence electrons. The number of imidazole rings is 1. The average molecular weight is 310 g/mol. The van der Waals surface area contributed by atoms with Crippen molar-refractivity contribution < 1.29 is 0 Å².